The third kappa shape index (κ3) is 3.93. The topological polar surface area (TPSA) is 63.8 Å². The van der Waals surface area contributed by atoms with Crippen LogP contribution < -0.4 is 11.3 Å². The molecule has 0 radical (unpaired) electrons. The Morgan fingerprint density at radius 2 is 2.27 bits per heavy atom. The second-order valence-electron chi connectivity index (χ2n) is 3.98. The number of rotatable bonds is 6. The molecule has 1 rings (SSSR count). The number of aromatic nitrogens is 2. The van der Waals surface area contributed by atoms with Crippen molar-refractivity contribution in [1.29, 1.82) is 0 Å². The van der Waals surface area contributed by atoms with Gasteiger partial charge in [0.05, 0.1) is 17.9 Å². The van der Waals surface area contributed by atoms with E-state index in [1.165, 1.54) is 12.8 Å². The summed E-state index contributed by atoms with van der Waals surface area (Å²) in [4.78, 5) is 8.31. The fraction of sp³-hybridized carbons (Fsp3) is 0.636. The molecule has 0 saturated carbocycles. The number of nitrogens with one attached hydrogen (secondary N) is 1. The van der Waals surface area contributed by atoms with Crippen molar-refractivity contribution in [3.63, 3.8) is 0 Å². The van der Waals surface area contributed by atoms with Gasteiger partial charge in [0.2, 0.25) is 0 Å². The maximum absolute atomic E-state index is 5.53. The average molecular weight is 208 g/mol. The zero-order chi connectivity index (χ0) is 11.1. The quantitative estimate of drug-likeness (QED) is 0.553. The smallest absolute Gasteiger partial charge is 0.0769 e. The highest BCUT2D eigenvalue weighted by Gasteiger charge is 2.14. The van der Waals surface area contributed by atoms with Gasteiger partial charge in [-0.1, -0.05) is 26.7 Å². The summed E-state index contributed by atoms with van der Waals surface area (Å²) < 4.78 is 0. The van der Waals surface area contributed by atoms with Gasteiger partial charge in [0.1, 0.15) is 0 Å². The molecule has 0 aromatic carbocycles. The summed E-state index contributed by atoms with van der Waals surface area (Å²) in [5.41, 5.74) is 3.72. The van der Waals surface area contributed by atoms with Crippen LogP contribution in [0.2, 0.25) is 0 Å². The Kier molecular flexibility index (Phi) is 5.21. The van der Waals surface area contributed by atoms with Crippen molar-refractivity contribution in [2.75, 3.05) is 0 Å². The van der Waals surface area contributed by atoms with Crippen LogP contribution in [0, 0.1) is 5.92 Å². The largest absolute Gasteiger partial charge is 0.271 e. The van der Waals surface area contributed by atoms with E-state index in [1.54, 1.807) is 18.6 Å². The third-order valence-electron chi connectivity index (χ3n) is 2.56. The molecule has 0 amide bonds. The van der Waals surface area contributed by atoms with Crippen molar-refractivity contribution in [3.8, 4) is 0 Å². The molecule has 0 aliphatic carbocycles. The van der Waals surface area contributed by atoms with Crippen LogP contribution in [0.15, 0.2) is 18.6 Å². The Balaban J connectivity index is 2.56. The van der Waals surface area contributed by atoms with Crippen molar-refractivity contribution in [2.24, 2.45) is 11.8 Å². The molecular formula is C11H20N4. The zero-order valence-electron chi connectivity index (χ0n) is 9.48. The molecule has 2 unspecified atom stereocenters. The van der Waals surface area contributed by atoms with E-state index in [9.17, 15) is 0 Å². The van der Waals surface area contributed by atoms with Gasteiger partial charge < -0.3 is 0 Å². The second kappa shape index (κ2) is 6.48. The molecule has 84 valence electrons. The third-order valence-corrected chi connectivity index (χ3v) is 2.56. The first-order valence-electron chi connectivity index (χ1n) is 5.50. The van der Waals surface area contributed by atoms with Crippen LogP contribution in [0.1, 0.15) is 44.8 Å². The van der Waals surface area contributed by atoms with Crippen LogP contribution in [0.25, 0.3) is 0 Å². The first-order chi connectivity index (χ1) is 7.27. The number of hydrazine groups is 1. The summed E-state index contributed by atoms with van der Waals surface area (Å²) in [5, 5.41) is 0. The predicted molar refractivity (Wildman–Crippen MR) is 60.8 cm³/mol. The van der Waals surface area contributed by atoms with Gasteiger partial charge in [-0.05, 0) is 12.3 Å². The standard InChI is InChI=1S/C11H20N4/c1-3-4-9(2)7-10(15-12)11-8-13-5-6-14-11/h5-6,8-10,15H,3-4,7,12H2,1-2H3. The monoisotopic (exact) mass is 208 g/mol. The van der Waals surface area contributed by atoms with E-state index in [0.29, 0.717) is 5.92 Å². The molecule has 0 fully saturated rings. The lowest BCUT2D eigenvalue weighted by Crippen LogP contribution is -2.30. The fourth-order valence-electron chi connectivity index (χ4n) is 1.78. The predicted octanol–water partition coefficient (Wildman–Crippen LogP) is 1.81. The van der Waals surface area contributed by atoms with E-state index in [4.69, 9.17) is 5.84 Å². The second-order valence-corrected chi connectivity index (χ2v) is 3.98. The minimum atomic E-state index is 0.111. The van der Waals surface area contributed by atoms with Gasteiger partial charge in [-0.15, -0.1) is 0 Å². The van der Waals surface area contributed by atoms with Crippen LogP contribution >= 0.6 is 0 Å². The molecular weight excluding hydrogens is 188 g/mol. The fourth-order valence-corrected chi connectivity index (χ4v) is 1.78. The van der Waals surface area contributed by atoms with Gasteiger partial charge in [-0.3, -0.25) is 21.2 Å². The zero-order valence-corrected chi connectivity index (χ0v) is 9.48. The Morgan fingerprint density at radius 3 is 2.80 bits per heavy atom. The highest BCUT2D eigenvalue weighted by molar-refractivity contribution is 5.01. The summed E-state index contributed by atoms with van der Waals surface area (Å²) in [6.07, 6.45) is 8.57. The van der Waals surface area contributed by atoms with E-state index < -0.39 is 0 Å². The van der Waals surface area contributed by atoms with Gasteiger partial charge in [0.25, 0.3) is 0 Å². The normalized spacial score (nSPS) is 14.9. The van der Waals surface area contributed by atoms with Crippen molar-refractivity contribution in [2.45, 2.75) is 39.2 Å². The number of hydrogen-bond acceptors (Lipinski definition) is 4. The van der Waals surface area contributed by atoms with Crippen LogP contribution in [0.3, 0.4) is 0 Å². The van der Waals surface area contributed by atoms with Crippen molar-refractivity contribution in [1.82, 2.24) is 15.4 Å². The molecule has 0 spiro atoms. The summed E-state index contributed by atoms with van der Waals surface area (Å²) in [5.74, 6) is 6.18. The first kappa shape index (κ1) is 12.1. The van der Waals surface area contributed by atoms with Gasteiger partial charge in [0.15, 0.2) is 0 Å². The van der Waals surface area contributed by atoms with Crippen LogP contribution in [-0.2, 0) is 0 Å². The summed E-state index contributed by atoms with van der Waals surface area (Å²) in [6.45, 7) is 4.44. The molecule has 4 heteroatoms. The molecule has 1 heterocycles. The van der Waals surface area contributed by atoms with Gasteiger partial charge in [0, 0.05) is 12.4 Å². The van der Waals surface area contributed by atoms with E-state index in [2.05, 4.69) is 29.2 Å². The van der Waals surface area contributed by atoms with Gasteiger partial charge in [-0.2, -0.15) is 0 Å². The Labute approximate surface area is 91.3 Å². The van der Waals surface area contributed by atoms with Crippen molar-refractivity contribution < 1.29 is 0 Å². The molecule has 3 N–H and O–H groups in total. The SMILES string of the molecule is CCCC(C)CC(NN)c1cnccn1. The lowest BCUT2D eigenvalue weighted by Gasteiger charge is -2.18. The Hall–Kier alpha value is -1.00. The molecule has 0 aliphatic rings. The Morgan fingerprint density at radius 1 is 1.47 bits per heavy atom. The maximum atomic E-state index is 5.53. The lowest BCUT2D eigenvalue weighted by atomic mass is 9.96. The van der Waals surface area contributed by atoms with Crippen LogP contribution in [0.5, 0.6) is 0 Å². The maximum Gasteiger partial charge on any atom is 0.0769 e. The number of nitrogens with zero attached hydrogens (tertiary/aromatic N) is 2. The minimum absolute atomic E-state index is 0.111. The van der Waals surface area contributed by atoms with E-state index in [-0.39, 0.29) is 6.04 Å². The molecule has 0 bridgehead atoms. The average Bonchev–Trinajstić information content (AvgIpc) is 2.27. The molecule has 0 aliphatic heterocycles. The van der Waals surface area contributed by atoms with E-state index in [1.807, 2.05) is 0 Å². The summed E-state index contributed by atoms with van der Waals surface area (Å²) in [7, 11) is 0. The number of hydrogen-bond donors (Lipinski definition) is 2. The van der Waals surface area contributed by atoms with Crippen LogP contribution in [0.4, 0.5) is 0 Å². The molecule has 4 nitrogen and oxygen atoms in total. The van der Waals surface area contributed by atoms with Crippen molar-refractivity contribution in [3.05, 3.63) is 24.3 Å². The molecule has 0 saturated heterocycles. The van der Waals surface area contributed by atoms with Gasteiger partial charge in [-0.25, -0.2) is 0 Å². The molecule has 1 aromatic rings. The highest BCUT2D eigenvalue weighted by Crippen LogP contribution is 2.20. The molecule has 2 atom stereocenters. The Bertz CT molecular complexity index is 263. The molecule has 1 aromatic heterocycles. The first-order valence-corrected chi connectivity index (χ1v) is 5.50. The van der Waals surface area contributed by atoms with E-state index in [0.717, 1.165) is 12.1 Å². The summed E-state index contributed by atoms with van der Waals surface area (Å²) >= 11 is 0. The van der Waals surface area contributed by atoms with Crippen molar-refractivity contribution >= 4 is 0 Å². The number of nitrogens with two attached hydrogens (primary N) is 1. The van der Waals surface area contributed by atoms with Gasteiger partial charge >= 0.3 is 0 Å². The minimum Gasteiger partial charge on any atom is -0.271 e. The van der Waals surface area contributed by atoms with E-state index >= 15 is 0 Å². The molecule has 15 heavy (non-hydrogen) atoms. The summed E-state index contributed by atoms with van der Waals surface area (Å²) in [6, 6.07) is 0.111. The van der Waals surface area contributed by atoms with Crippen LogP contribution in [-0.4, -0.2) is 9.97 Å². The lowest BCUT2D eigenvalue weighted by molar-refractivity contribution is 0.388. The highest BCUT2D eigenvalue weighted by atomic mass is 15.2.